The number of halogens is 1. The molecule has 2 amide bonds. The summed E-state index contributed by atoms with van der Waals surface area (Å²) in [4.78, 5) is 37.7. The van der Waals surface area contributed by atoms with Crippen LogP contribution in [0.3, 0.4) is 0 Å². The van der Waals surface area contributed by atoms with E-state index in [9.17, 15) is 19.2 Å². The maximum atomic E-state index is 13.7. The number of piperidine rings is 1. The first kappa shape index (κ1) is 28.4. The highest BCUT2D eigenvalue weighted by molar-refractivity contribution is 7.19. The molecule has 3 heterocycles. The SMILES string of the molecule is Cc1c(-c2sc(C(=O)NCC(C)(C)P)nc2C(=O)N2CCC(F)CC2)cnc(NC2CCCCC2)c1C#N. The van der Waals surface area contributed by atoms with Gasteiger partial charge in [0.1, 0.15) is 23.8 Å². The van der Waals surface area contributed by atoms with Gasteiger partial charge in [-0.2, -0.15) is 5.26 Å². The number of pyridine rings is 1. The predicted molar refractivity (Wildman–Crippen MR) is 151 cm³/mol. The molecular weight excluding hydrogens is 522 g/mol. The molecule has 2 fully saturated rings. The van der Waals surface area contributed by atoms with Crippen LogP contribution in [0.2, 0.25) is 0 Å². The van der Waals surface area contributed by atoms with Gasteiger partial charge in [0.15, 0.2) is 5.01 Å². The fourth-order valence-electron chi connectivity index (χ4n) is 4.85. The zero-order chi connectivity index (χ0) is 27.4. The monoisotopic (exact) mass is 558 g/mol. The van der Waals surface area contributed by atoms with Crippen molar-refractivity contribution in [2.45, 2.75) is 83.1 Å². The number of alkyl halides is 1. The van der Waals surface area contributed by atoms with Crippen molar-refractivity contribution in [1.82, 2.24) is 20.2 Å². The Balaban J connectivity index is 1.71. The Bertz CT molecular complexity index is 1220. The summed E-state index contributed by atoms with van der Waals surface area (Å²) in [5.41, 5.74) is 1.85. The van der Waals surface area contributed by atoms with E-state index in [1.54, 1.807) is 11.1 Å². The number of nitriles is 1. The first-order valence-electron chi connectivity index (χ1n) is 13.2. The van der Waals surface area contributed by atoms with E-state index < -0.39 is 6.17 Å². The molecule has 1 saturated carbocycles. The van der Waals surface area contributed by atoms with Crippen LogP contribution in [0, 0.1) is 18.3 Å². The third-order valence-electron chi connectivity index (χ3n) is 7.08. The zero-order valence-corrected chi connectivity index (χ0v) is 24.2. The molecule has 2 aromatic rings. The molecule has 0 bridgehead atoms. The summed E-state index contributed by atoms with van der Waals surface area (Å²) in [6.07, 6.45) is 6.92. The number of carbonyl (C=O) groups is 2. The van der Waals surface area contributed by atoms with Crippen LogP contribution >= 0.6 is 20.6 Å². The van der Waals surface area contributed by atoms with Crippen molar-refractivity contribution in [3.05, 3.63) is 28.0 Å². The Labute approximate surface area is 230 Å². The molecule has 0 spiro atoms. The number of aromatic nitrogens is 2. The first-order chi connectivity index (χ1) is 18.1. The number of hydrogen-bond acceptors (Lipinski definition) is 7. The van der Waals surface area contributed by atoms with Crippen molar-refractivity contribution >= 4 is 38.2 Å². The molecule has 2 N–H and O–H groups in total. The van der Waals surface area contributed by atoms with Crippen LogP contribution < -0.4 is 10.6 Å². The molecule has 11 heteroatoms. The summed E-state index contributed by atoms with van der Waals surface area (Å²) in [5.74, 6) is -0.158. The summed E-state index contributed by atoms with van der Waals surface area (Å²) < 4.78 is 13.7. The van der Waals surface area contributed by atoms with E-state index in [0.717, 1.165) is 37.0 Å². The van der Waals surface area contributed by atoms with Crippen LogP contribution in [0.4, 0.5) is 10.2 Å². The first-order valence-corrected chi connectivity index (χ1v) is 14.6. The largest absolute Gasteiger partial charge is 0.366 e. The standard InChI is InChI=1S/C27H36FN6O2PS/c1-16-19(13-29)23(32-18-7-5-4-6-8-18)30-14-20(16)22-21(26(36)34-11-9-17(28)10-12-34)33-25(38-22)24(35)31-15-27(2,3)37/h14,17-18H,4-12,15,37H2,1-3H3,(H,30,32)(H,31,35). The number of thiazole rings is 1. The topological polar surface area (TPSA) is 111 Å². The number of nitrogens with zero attached hydrogens (tertiary/aromatic N) is 4. The van der Waals surface area contributed by atoms with E-state index in [0.29, 0.717) is 47.0 Å². The second-order valence-corrected chi connectivity index (χ2v) is 13.5. The van der Waals surface area contributed by atoms with Gasteiger partial charge in [-0.25, -0.2) is 14.4 Å². The normalized spacial score (nSPS) is 17.2. The van der Waals surface area contributed by atoms with Crippen LogP contribution in [0.1, 0.15) is 90.2 Å². The van der Waals surface area contributed by atoms with Crippen molar-refractivity contribution in [2.24, 2.45) is 0 Å². The minimum atomic E-state index is -0.917. The Morgan fingerprint density at radius 1 is 1.24 bits per heavy atom. The highest BCUT2D eigenvalue weighted by Crippen LogP contribution is 2.37. The summed E-state index contributed by atoms with van der Waals surface area (Å²) in [7, 11) is 2.68. The van der Waals surface area contributed by atoms with E-state index in [2.05, 4.69) is 35.9 Å². The quantitative estimate of drug-likeness (QED) is 0.458. The fraction of sp³-hybridized carbons (Fsp3) is 0.593. The maximum Gasteiger partial charge on any atom is 0.280 e. The Morgan fingerprint density at radius 2 is 1.92 bits per heavy atom. The minimum absolute atomic E-state index is 0.143. The molecular formula is C27H36FN6O2PS. The molecule has 204 valence electrons. The van der Waals surface area contributed by atoms with Crippen molar-refractivity contribution in [1.29, 1.82) is 5.26 Å². The van der Waals surface area contributed by atoms with Gasteiger partial charge in [-0.3, -0.25) is 9.59 Å². The van der Waals surface area contributed by atoms with Gasteiger partial charge in [0, 0.05) is 37.4 Å². The van der Waals surface area contributed by atoms with E-state index >= 15 is 0 Å². The van der Waals surface area contributed by atoms with E-state index in [4.69, 9.17) is 0 Å². The molecule has 38 heavy (non-hydrogen) atoms. The number of carbonyl (C=O) groups excluding carboxylic acids is 2. The van der Waals surface area contributed by atoms with Crippen LogP contribution in [-0.4, -0.2) is 63.7 Å². The number of amides is 2. The average Bonchev–Trinajstić information content (AvgIpc) is 3.33. The lowest BCUT2D eigenvalue weighted by molar-refractivity contribution is 0.0662. The van der Waals surface area contributed by atoms with Crippen LogP contribution in [-0.2, 0) is 0 Å². The Hall–Kier alpha value is -2.63. The third-order valence-corrected chi connectivity index (χ3v) is 8.37. The van der Waals surface area contributed by atoms with E-state index in [-0.39, 0.29) is 46.6 Å². The zero-order valence-electron chi connectivity index (χ0n) is 22.3. The van der Waals surface area contributed by atoms with Crippen LogP contribution in [0.25, 0.3) is 10.4 Å². The van der Waals surface area contributed by atoms with Crippen molar-refractivity contribution in [3.63, 3.8) is 0 Å². The number of anilines is 1. The van der Waals surface area contributed by atoms with E-state index in [1.807, 2.05) is 20.8 Å². The molecule has 1 saturated heterocycles. The van der Waals surface area contributed by atoms with Gasteiger partial charge in [-0.1, -0.05) is 33.1 Å². The number of likely N-dealkylation sites (tertiary alicyclic amines) is 1. The number of hydrogen-bond donors (Lipinski definition) is 2. The smallest absolute Gasteiger partial charge is 0.280 e. The molecule has 0 radical (unpaired) electrons. The highest BCUT2D eigenvalue weighted by Gasteiger charge is 2.31. The molecule has 4 rings (SSSR count). The van der Waals surface area contributed by atoms with Gasteiger partial charge in [0.05, 0.1) is 10.4 Å². The summed E-state index contributed by atoms with van der Waals surface area (Å²) in [6.45, 7) is 6.81. The molecule has 2 aliphatic rings. The summed E-state index contributed by atoms with van der Waals surface area (Å²) >= 11 is 1.12. The highest BCUT2D eigenvalue weighted by atomic mass is 32.1. The molecule has 1 aliphatic heterocycles. The lowest BCUT2D eigenvalue weighted by Gasteiger charge is -2.28. The van der Waals surface area contributed by atoms with Crippen molar-refractivity contribution in [3.8, 4) is 16.5 Å². The van der Waals surface area contributed by atoms with Gasteiger partial charge in [0.2, 0.25) is 0 Å². The van der Waals surface area contributed by atoms with Crippen LogP contribution in [0.15, 0.2) is 6.20 Å². The lowest BCUT2D eigenvalue weighted by Crippen LogP contribution is -2.39. The molecule has 8 nitrogen and oxygen atoms in total. The van der Waals surface area contributed by atoms with Gasteiger partial charge in [0.25, 0.3) is 11.8 Å². The molecule has 1 aliphatic carbocycles. The molecule has 0 aromatic carbocycles. The molecule has 2 aromatic heterocycles. The number of nitrogens with one attached hydrogen (secondary N) is 2. The third kappa shape index (κ3) is 6.68. The van der Waals surface area contributed by atoms with Gasteiger partial charge in [-0.15, -0.1) is 20.6 Å². The second-order valence-electron chi connectivity index (χ2n) is 10.9. The van der Waals surface area contributed by atoms with Crippen molar-refractivity contribution < 1.29 is 14.0 Å². The van der Waals surface area contributed by atoms with Gasteiger partial charge < -0.3 is 15.5 Å². The van der Waals surface area contributed by atoms with Gasteiger partial charge in [-0.05, 0) is 43.3 Å². The number of rotatable bonds is 7. The maximum absolute atomic E-state index is 13.7. The Morgan fingerprint density at radius 3 is 2.55 bits per heavy atom. The fourth-order valence-corrected chi connectivity index (χ4v) is 5.99. The molecule has 1 unspecified atom stereocenters. The van der Waals surface area contributed by atoms with Crippen molar-refractivity contribution in [2.75, 3.05) is 25.0 Å². The summed E-state index contributed by atoms with van der Waals surface area (Å²) in [6, 6.07) is 2.57. The predicted octanol–water partition coefficient (Wildman–Crippen LogP) is 5.09. The Kier molecular flexibility index (Phi) is 9.00. The lowest BCUT2D eigenvalue weighted by atomic mass is 9.95. The van der Waals surface area contributed by atoms with Crippen LogP contribution in [0.5, 0.6) is 0 Å². The van der Waals surface area contributed by atoms with E-state index in [1.165, 1.54) is 6.42 Å². The average molecular weight is 559 g/mol. The second kappa shape index (κ2) is 12.0. The molecule has 1 atom stereocenters. The minimum Gasteiger partial charge on any atom is -0.366 e. The van der Waals surface area contributed by atoms with Gasteiger partial charge >= 0.3 is 0 Å². The summed E-state index contributed by atoms with van der Waals surface area (Å²) in [5, 5.41) is 16.3.